The van der Waals surface area contributed by atoms with Gasteiger partial charge in [0.25, 0.3) is 0 Å². The maximum atomic E-state index is 5.87. The summed E-state index contributed by atoms with van der Waals surface area (Å²) in [5.74, 6) is 2.69. The second kappa shape index (κ2) is 9.06. The maximum Gasteiger partial charge on any atom is 0.0662 e. The van der Waals surface area contributed by atoms with Gasteiger partial charge in [0.1, 0.15) is 0 Å². The van der Waals surface area contributed by atoms with Crippen LogP contribution >= 0.6 is 11.6 Å². The summed E-state index contributed by atoms with van der Waals surface area (Å²) in [5, 5.41) is 0. The van der Waals surface area contributed by atoms with Crippen molar-refractivity contribution in [1.82, 2.24) is 0 Å². The van der Waals surface area contributed by atoms with Gasteiger partial charge in [0.2, 0.25) is 0 Å². The molecule has 2 fully saturated rings. The summed E-state index contributed by atoms with van der Waals surface area (Å²) in [4.78, 5) is 0. The van der Waals surface area contributed by atoms with E-state index >= 15 is 0 Å². The Bertz CT molecular complexity index is 505. The molecule has 3 rings (SSSR count). The Kier molecular flexibility index (Phi) is 6.80. The molecular formula is C22H31ClO. The van der Waals surface area contributed by atoms with Crippen molar-refractivity contribution in [3.8, 4) is 0 Å². The van der Waals surface area contributed by atoms with Crippen LogP contribution in [0.4, 0.5) is 0 Å². The van der Waals surface area contributed by atoms with Crippen molar-refractivity contribution >= 4 is 11.6 Å². The fraction of sp³-hybridized carbons (Fsp3) is 0.636. The predicted octanol–water partition coefficient (Wildman–Crippen LogP) is 6.60. The molecule has 1 nitrogen and oxygen atoms in total. The van der Waals surface area contributed by atoms with Gasteiger partial charge in [-0.25, -0.2) is 0 Å². The Morgan fingerprint density at radius 1 is 0.917 bits per heavy atom. The van der Waals surface area contributed by atoms with E-state index in [1.54, 1.807) is 11.1 Å². The van der Waals surface area contributed by atoms with Crippen LogP contribution in [0.3, 0.4) is 0 Å². The highest BCUT2D eigenvalue weighted by Gasteiger charge is 2.31. The average molecular weight is 347 g/mol. The van der Waals surface area contributed by atoms with Crippen LogP contribution in [0.15, 0.2) is 35.9 Å². The molecule has 1 aromatic carbocycles. The monoisotopic (exact) mass is 346 g/mol. The van der Waals surface area contributed by atoms with E-state index in [2.05, 4.69) is 31.2 Å². The third kappa shape index (κ3) is 4.86. The summed E-state index contributed by atoms with van der Waals surface area (Å²) in [6.45, 7) is 2.84. The SMILES string of the molecule is Cc1ccc(C2CCC(C3CCC(OCC=CCl)CC3)CC2)cc1. The zero-order chi connectivity index (χ0) is 16.8. The zero-order valence-electron chi connectivity index (χ0n) is 14.9. The first-order valence-electron chi connectivity index (χ1n) is 9.69. The van der Waals surface area contributed by atoms with E-state index in [0.29, 0.717) is 12.7 Å². The normalized spacial score (nSPS) is 31.4. The third-order valence-corrected chi connectivity index (χ3v) is 6.40. The van der Waals surface area contributed by atoms with E-state index in [4.69, 9.17) is 16.3 Å². The van der Waals surface area contributed by atoms with Gasteiger partial charge in [0.05, 0.1) is 12.7 Å². The van der Waals surface area contributed by atoms with Crippen LogP contribution in [0.2, 0.25) is 0 Å². The summed E-state index contributed by atoms with van der Waals surface area (Å²) in [7, 11) is 0. The van der Waals surface area contributed by atoms with Crippen molar-refractivity contribution < 1.29 is 4.74 Å². The topological polar surface area (TPSA) is 9.23 Å². The highest BCUT2D eigenvalue weighted by Crippen LogP contribution is 2.43. The van der Waals surface area contributed by atoms with Crippen molar-refractivity contribution in [2.75, 3.05) is 6.61 Å². The molecule has 0 unspecified atom stereocenters. The van der Waals surface area contributed by atoms with Crippen molar-refractivity contribution in [2.24, 2.45) is 11.8 Å². The first-order valence-corrected chi connectivity index (χ1v) is 10.1. The maximum absolute atomic E-state index is 5.87. The lowest BCUT2D eigenvalue weighted by Gasteiger charge is -2.38. The molecule has 0 saturated heterocycles. The van der Waals surface area contributed by atoms with Gasteiger partial charge in [-0.1, -0.05) is 41.4 Å². The van der Waals surface area contributed by atoms with Crippen LogP contribution in [-0.2, 0) is 4.74 Å². The molecule has 0 radical (unpaired) electrons. The zero-order valence-corrected chi connectivity index (χ0v) is 15.7. The Morgan fingerprint density at radius 3 is 2.08 bits per heavy atom. The van der Waals surface area contributed by atoms with Crippen LogP contribution in [0.1, 0.15) is 68.4 Å². The molecule has 2 saturated carbocycles. The summed E-state index contributed by atoms with van der Waals surface area (Å²) in [6.07, 6.45) is 13.1. The van der Waals surface area contributed by atoms with Crippen molar-refractivity contribution in [3.05, 3.63) is 47.0 Å². The van der Waals surface area contributed by atoms with Gasteiger partial charge in [-0.05, 0) is 87.7 Å². The lowest BCUT2D eigenvalue weighted by Crippen LogP contribution is -2.28. The van der Waals surface area contributed by atoms with Gasteiger partial charge in [-0.15, -0.1) is 0 Å². The van der Waals surface area contributed by atoms with Gasteiger partial charge in [0.15, 0.2) is 0 Å². The van der Waals surface area contributed by atoms with Crippen LogP contribution in [0.25, 0.3) is 0 Å². The predicted molar refractivity (Wildman–Crippen MR) is 103 cm³/mol. The van der Waals surface area contributed by atoms with Gasteiger partial charge >= 0.3 is 0 Å². The van der Waals surface area contributed by atoms with Crippen LogP contribution in [0.5, 0.6) is 0 Å². The molecule has 0 aromatic heterocycles. The second-order valence-corrected chi connectivity index (χ2v) is 8.01. The first-order chi connectivity index (χ1) is 11.8. The summed E-state index contributed by atoms with van der Waals surface area (Å²) >= 11 is 5.55. The molecule has 0 heterocycles. The molecule has 0 atom stereocenters. The summed E-state index contributed by atoms with van der Waals surface area (Å²) < 4.78 is 5.87. The number of hydrogen-bond acceptors (Lipinski definition) is 1. The number of halogens is 1. The second-order valence-electron chi connectivity index (χ2n) is 7.75. The number of benzene rings is 1. The summed E-state index contributed by atoms with van der Waals surface area (Å²) in [5.41, 5.74) is 4.48. The molecule has 24 heavy (non-hydrogen) atoms. The average Bonchev–Trinajstić information content (AvgIpc) is 2.63. The van der Waals surface area contributed by atoms with Gasteiger partial charge in [-0.2, -0.15) is 0 Å². The molecule has 0 amide bonds. The van der Waals surface area contributed by atoms with Gasteiger partial charge in [0, 0.05) is 5.54 Å². The van der Waals surface area contributed by atoms with E-state index in [9.17, 15) is 0 Å². The van der Waals surface area contributed by atoms with Crippen molar-refractivity contribution in [3.63, 3.8) is 0 Å². The van der Waals surface area contributed by atoms with E-state index in [0.717, 1.165) is 17.8 Å². The number of ether oxygens (including phenoxy) is 1. The molecule has 1 aromatic rings. The lowest BCUT2D eigenvalue weighted by molar-refractivity contribution is 0.0223. The highest BCUT2D eigenvalue weighted by molar-refractivity contribution is 6.25. The molecular weight excluding hydrogens is 316 g/mol. The molecule has 0 bridgehead atoms. The molecule has 0 N–H and O–H groups in total. The fourth-order valence-corrected chi connectivity index (χ4v) is 4.79. The highest BCUT2D eigenvalue weighted by atomic mass is 35.5. The van der Waals surface area contributed by atoms with E-state index in [1.807, 2.05) is 6.08 Å². The molecule has 2 aliphatic carbocycles. The van der Waals surface area contributed by atoms with Crippen LogP contribution in [0, 0.1) is 18.8 Å². The van der Waals surface area contributed by atoms with Crippen molar-refractivity contribution in [2.45, 2.75) is 70.3 Å². The van der Waals surface area contributed by atoms with Crippen LogP contribution in [-0.4, -0.2) is 12.7 Å². The minimum atomic E-state index is 0.456. The first kappa shape index (κ1) is 18.0. The Hall–Kier alpha value is -0.790. The molecule has 0 spiro atoms. The third-order valence-electron chi connectivity index (χ3n) is 6.22. The molecule has 0 aliphatic heterocycles. The number of hydrogen-bond donors (Lipinski definition) is 0. The fourth-order valence-electron chi connectivity index (χ4n) is 4.72. The molecule has 2 aliphatic rings. The lowest BCUT2D eigenvalue weighted by atomic mass is 9.69. The molecule has 132 valence electrons. The number of rotatable bonds is 5. The summed E-state index contributed by atoms with van der Waals surface area (Å²) in [6, 6.07) is 9.22. The molecule has 2 heteroatoms. The van der Waals surface area contributed by atoms with Gasteiger partial charge in [-0.3, -0.25) is 0 Å². The quantitative estimate of drug-likeness (QED) is 0.583. The standard InChI is InChI=1S/C22H31ClO/c1-17-3-5-18(6-4-17)19-7-9-20(10-8-19)21-11-13-22(14-12-21)24-16-2-15-23/h2-6,15,19-22H,7-14,16H2,1H3. The number of aryl methyl sites for hydroxylation is 1. The minimum absolute atomic E-state index is 0.456. The van der Waals surface area contributed by atoms with Crippen molar-refractivity contribution in [1.29, 1.82) is 0 Å². The Morgan fingerprint density at radius 2 is 1.50 bits per heavy atom. The minimum Gasteiger partial charge on any atom is -0.374 e. The Labute approximate surface area is 152 Å². The van der Waals surface area contributed by atoms with Crippen LogP contribution < -0.4 is 0 Å². The smallest absolute Gasteiger partial charge is 0.0662 e. The van der Waals surface area contributed by atoms with Gasteiger partial charge < -0.3 is 4.74 Å². The van der Waals surface area contributed by atoms with E-state index in [1.165, 1.54) is 56.9 Å². The van der Waals surface area contributed by atoms with E-state index < -0.39 is 0 Å². The Balaban J connectivity index is 1.42. The largest absolute Gasteiger partial charge is 0.374 e. The van der Waals surface area contributed by atoms with E-state index in [-0.39, 0.29) is 0 Å².